The Bertz CT molecular complexity index is 2910. The van der Waals surface area contributed by atoms with Gasteiger partial charge in [-0.1, -0.05) is 66.7 Å². The summed E-state index contributed by atoms with van der Waals surface area (Å²) < 4.78 is 12.2. The number of allylic oxidation sites excluding steroid dienone is 1. The molecule has 0 saturated heterocycles. The van der Waals surface area contributed by atoms with Gasteiger partial charge in [-0.25, -0.2) is 0 Å². The number of benzene rings is 8. The normalized spacial score (nSPS) is 11.4. The Labute approximate surface area is 279 Å². The van der Waals surface area contributed by atoms with Crippen LogP contribution in [0.1, 0.15) is 6.92 Å². The number of rotatable bonds is 0. The molecule has 0 aliphatic carbocycles. The molecule has 10 aromatic rings. The van der Waals surface area contributed by atoms with Crippen LogP contribution in [0.15, 0.2) is 143 Å². The highest BCUT2D eigenvalue weighted by Gasteiger charge is 2.16. The van der Waals surface area contributed by atoms with Crippen LogP contribution < -0.4 is 0 Å². The third-order valence-electron chi connectivity index (χ3n) is 8.82. The van der Waals surface area contributed by atoms with E-state index in [0.29, 0.717) is 0 Å². The molecule has 0 unspecified atom stereocenters. The van der Waals surface area contributed by atoms with E-state index in [1.165, 1.54) is 0 Å². The topological polar surface area (TPSA) is 107 Å². The van der Waals surface area contributed by atoms with Crippen molar-refractivity contribution < 1.29 is 29.3 Å². The van der Waals surface area contributed by atoms with Gasteiger partial charge in [0.2, 0.25) is 0 Å². The van der Waals surface area contributed by atoms with Gasteiger partial charge in [0.25, 0.3) is 0 Å². The van der Waals surface area contributed by atoms with Crippen LogP contribution in [-0.2, 0) is 0 Å². The van der Waals surface area contributed by atoms with Gasteiger partial charge in [0.05, 0.1) is 0 Å². The second-order valence-corrected chi connectivity index (χ2v) is 12.0. The van der Waals surface area contributed by atoms with Crippen LogP contribution in [-0.4, -0.2) is 20.4 Å². The molecule has 10 rings (SSSR count). The fourth-order valence-corrected chi connectivity index (χ4v) is 6.70. The standard InChI is InChI=1S/2C20H12O3.C3H6/c21-12-6-7-13-11(9-12)5-8-18-19(13)16-10-17(22)14-3-1-2-4-15(14)20(16)23-18;21-13-6-5-11-8-16-17-10-18(22)14-3-1-2-4-15(14)20(17)23-19(16)9-12(11)7-13;1-3-2/h2*1-10,21-22H;3H,1H2,2H3. The number of aromatic hydroxyl groups is 4. The largest absolute Gasteiger partial charge is 0.508 e. The molecule has 8 aromatic carbocycles. The molecule has 0 amide bonds. The molecule has 0 atom stereocenters. The summed E-state index contributed by atoms with van der Waals surface area (Å²) in [7, 11) is 0. The molecule has 0 aliphatic rings. The third kappa shape index (κ3) is 4.89. The average molecular weight is 643 g/mol. The zero-order chi connectivity index (χ0) is 33.8. The van der Waals surface area contributed by atoms with Gasteiger partial charge in [-0.15, -0.1) is 6.58 Å². The Kier molecular flexibility index (Phi) is 7.00. The molecular weight excluding hydrogens is 612 g/mol. The van der Waals surface area contributed by atoms with Crippen LogP contribution >= 0.6 is 0 Å². The van der Waals surface area contributed by atoms with Gasteiger partial charge in [0.1, 0.15) is 45.3 Å². The lowest BCUT2D eigenvalue weighted by atomic mass is 10.0. The van der Waals surface area contributed by atoms with Crippen LogP contribution in [0.3, 0.4) is 0 Å². The first-order valence-electron chi connectivity index (χ1n) is 15.8. The van der Waals surface area contributed by atoms with E-state index in [4.69, 9.17) is 8.83 Å². The summed E-state index contributed by atoms with van der Waals surface area (Å²) in [5.41, 5.74) is 3.06. The smallest absolute Gasteiger partial charge is 0.143 e. The molecule has 238 valence electrons. The van der Waals surface area contributed by atoms with Crippen molar-refractivity contribution in [3.8, 4) is 23.0 Å². The molecule has 6 heteroatoms. The summed E-state index contributed by atoms with van der Waals surface area (Å²) in [4.78, 5) is 0. The van der Waals surface area contributed by atoms with E-state index in [9.17, 15) is 20.4 Å². The minimum atomic E-state index is 0.232. The summed E-state index contributed by atoms with van der Waals surface area (Å²) in [5, 5.41) is 51.0. The van der Waals surface area contributed by atoms with E-state index in [1.54, 1.807) is 42.5 Å². The minimum Gasteiger partial charge on any atom is -0.508 e. The molecule has 0 spiro atoms. The summed E-state index contributed by atoms with van der Waals surface area (Å²) in [6, 6.07) is 37.2. The first-order chi connectivity index (χ1) is 23.8. The van der Waals surface area contributed by atoms with Crippen molar-refractivity contribution in [2.24, 2.45) is 0 Å². The van der Waals surface area contributed by atoms with E-state index in [-0.39, 0.29) is 23.0 Å². The highest BCUT2D eigenvalue weighted by atomic mass is 16.3. The summed E-state index contributed by atoms with van der Waals surface area (Å²) in [5.74, 6) is 0.960. The zero-order valence-corrected chi connectivity index (χ0v) is 26.4. The van der Waals surface area contributed by atoms with Crippen molar-refractivity contribution in [2.75, 3.05) is 0 Å². The van der Waals surface area contributed by atoms with E-state index < -0.39 is 0 Å². The van der Waals surface area contributed by atoms with Crippen LogP contribution in [0.2, 0.25) is 0 Å². The van der Waals surface area contributed by atoms with Crippen molar-refractivity contribution in [3.05, 3.63) is 134 Å². The quantitative estimate of drug-likeness (QED) is 0.123. The predicted molar refractivity (Wildman–Crippen MR) is 200 cm³/mol. The number of hydrogen-bond acceptors (Lipinski definition) is 6. The van der Waals surface area contributed by atoms with Crippen LogP contribution in [0, 0.1) is 0 Å². The average Bonchev–Trinajstić information content (AvgIpc) is 3.66. The van der Waals surface area contributed by atoms with Crippen molar-refractivity contribution in [2.45, 2.75) is 6.92 Å². The Balaban J connectivity index is 0.000000132. The fraction of sp³-hybridized carbons (Fsp3) is 0.0233. The van der Waals surface area contributed by atoms with Gasteiger partial charge in [0.15, 0.2) is 0 Å². The van der Waals surface area contributed by atoms with Crippen molar-refractivity contribution >= 4 is 87.0 Å². The van der Waals surface area contributed by atoms with Gasteiger partial charge in [-0.05, 0) is 89.1 Å². The maximum Gasteiger partial charge on any atom is 0.143 e. The predicted octanol–water partition coefficient (Wildman–Crippen LogP) is 11.8. The molecule has 0 fully saturated rings. The van der Waals surface area contributed by atoms with Crippen LogP contribution in [0.5, 0.6) is 23.0 Å². The van der Waals surface area contributed by atoms with E-state index >= 15 is 0 Å². The summed E-state index contributed by atoms with van der Waals surface area (Å²) in [6.45, 7) is 5.25. The first kappa shape index (κ1) is 29.7. The second kappa shape index (κ2) is 11.5. The molecule has 0 bridgehead atoms. The second-order valence-electron chi connectivity index (χ2n) is 12.0. The van der Waals surface area contributed by atoms with Gasteiger partial charge in [0, 0.05) is 43.1 Å². The van der Waals surface area contributed by atoms with Gasteiger partial charge >= 0.3 is 0 Å². The lowest BCUT2D eigenvalue weighted by Crippen LogP contribution is -1.77. The van der Waals surface area contributed by atoms with Gasteiger partial charge in [-0.2, -0.15) is 0 Å². The lowest BCUT2D eigenvalue weighted by Gasteiger charge is -2.02. The van der Waals surface area contributed by atoms with Crippen molar-refractivity contribution in [3.63, 3.8) is 0 Å². The van der Waals surface area contributed by atoms with Crippen LogP contribution in [0.25, 0.3) is 87.0 Å². The molecule has 0 radical (unpaired) electrons. The molecule has 2 aromatic heterocycles. The zero-order valence-electron chi connectivity index (χ0n) is 26.4. The molecule has 0 aliphatic heterocycles. The highest BCUT2D eigenvalue weighted by molar-refractivity contribution is 6.24. The van der Waals surface area contributed by atoms with Crippen LogP contribution in [0.4, 0.5) is 0 Å². The lowest BCUT2D eigenvalue weighted by molar-refractivity contribution is 0.475. The van der Waals surface area contributed by atoms with E-state index in [0.717, 1.165) is 87.0 Å². The van der Waals surface area contributed by atoms with Gasteiger partial charge in [-0.3, -0.25) is 0 Å². The maximum absolute atomic E-state index is 10.4. The molecule has 6 nitrogen and oxygen atoms in total. The fourth-order valence-electron chi connectivity index (χ4n) is 6.70. The monoisotopic (exact) mass is 642 g/mol. The Morgan fingerprint density at radius 2 is 0.980 bits per heavy atom. The highest BCUT2D eigenvalue weighted by Crippen LogP contribution is 2.42. The SMILES string of the molecule is C=CC.Oc1ccc2c(ccc3oc4c5ccccc5c(O)cc4c32)c1.Oc1ccc2cc3c(cc2c1)oc1c2ccccc2c(O)cc31. The summed E-state index contributed by atoms with van der Waals surface area (Å²) in [6.07, 6.45) is 1.75. The van der Waals surface area contributed by atoms with Crippen molar-refractivity contribution in [1.29, 1.82) is 0 Å². The Hall–Kier alpha value is -6.66. The number of fused-ring (bicyclic) bond motifs is 13. The molecule has 2 heterocycles. The third-order valence-corrected chi connectivity index (χ3v) is 8.82. The maximum atomic E-state index is 10.4. The molecular formula is C43H30O6. The Morgan fingerprint density at radius 1 is 0.449 bits per heavy atom. The number of hydrogen-bond donors (Lipinski definition) is 4. The molecule has 4 N–H and O–H groups in total. The number of furan rings is 2. The number of phenolic OH excluding ortho intramolecular Hbond substituents is 4. The summed E-state index contributed by atoms with van der Waals surface area (Å²) >= 11 is 0. The van der Waals surface area contributed by atoms with E-state index in [1.807, 2.05) is 91.9 Å². The van der Waals surface area contributed by atoms with Crippen molar-refractivity contribution in [1.82, 2.24) is 0 Å². The molecule has 49 heavy (non-hydrogen) atoms. The first-order valence-corrected chi connectivity index (χ1v) is 15.8. The molecule has 0 saturated carbocycles. The van der Waals surface area contributed by atoms with Gasteiger partial charge < -0.3 is 29.3 Å². The minimum absolute atomic E-state index is 0.232. The Morgan fingerprint density at radius 3 is 1.65 bits per heavy atom. The van der Waals surface area contributed by atoms with E-state index in [2.05, 4.69) is 6.58 Å². The number of phenols is 4.